The maximum atomic E-state index is 12.0. The number of nitrogens with zero attached hydrogens (tertiary/aromatic N) is 1. The van der Waals surface area contributed by atoms with Crippen molar-refractivity contribution in [2.45, 2.75) is 26.1 Å². The molecule has 2 aromatic rings. The molecule has 0 spiro atoms. The summed E-state index contributed by atoms with van der Waals surface area (Å²) < 4.78 is 5.59. The van der Waals surface area contributed by atoms with Crippen molar-refractivity contribution in [2.24, 2.45) is 0 Å². The van der Waals surface area contributed by atoms with Crippen LogP contribution in [0.4, 0.5) is 0 Å². The van der Waals surface area contributed by atoms with E-state index in [9.17, 15) is 9.90 Å². The predicted molar refractivity (Wildman–Crippen MR) is 83.5 cm³/mol. The van der Waals surface area contributed by atoms with E-state index >= 15 is 0 Å². The van der Waals surface area contributed by atoms with Crippen molar-refractivity contribution < 1.29 is 14.6 Å². The molecule has 2 atom stereocenters. The van der Waals surface area contributed by atoms with Crippen molar-refractivity contribution in [1.29, 1.82) is 0 Å². The summed E-state index contributed by atoms with van der Waals surface area (Å²) in [4.78, 5) is 15.9. The van der Waals surface area contributed by atoms with Gasteiger partial charge in [-0.3, -0.25) is 9.78 Å². The maximum absolute atomic E-state index is 12.0. The number of hydrogen-bond donors (Lipinski definition) is 2. The molecule has 0 saturated carbocycles. The second-order valence-electron chi connectivity index (χ2n) is 5.12. The number of pyridine rings is 1. The van der Waals surface area contributed by atoms with Crippen LogP contribution in [0.2, 0.25) is 0 Å². The summed E-state index contributed by atoms with van der Waals surface area (Å²) in [7, 11) is 0. The summed E-state index contributed by atoms with van der Waals surface area (Å²) in [6.07, 6.45) is 1.80. The van der Waals surface area contributed by atoms with Gasteiger partial charge in [0, 0.05) is 18.9 Å². The van der Waals surface area contributed by atoms with E-state index in [-0.39, 0.29) is 12.5 Å². The molecule has 1 aromatic carbocycles. The van der Waals surface area contributed by atoms with E-state index in [4.69, 9.17) is 4.74 Å². The van der Waals surface area contributed by atoms with Crippen LogP contribution in [-0.2, 0) is 4.79 Å². The molecule has 1 amide bonds. The zero-order valence-electron chi connectivity index (χ0n) is 12.7. The van der Waals surface area contributed by atoms with E-state index in [1.807, 2.05) is 31.2 Å². The Morgan fingerprint density at radius 3 is 2.73 bits per heavy atom. The predicted octanol–water partition coefficient (Wildman–Crippen LogP) is 2.01. The summed E-state index contributed by atoms with van der Waals surface area (Å²) >= 11 is 0. The fourth-order valence-corrected chi connectivity index (χ4v) is 1.99. The number of amides is 1. The average Bonchev–Trinajstić information content (AvgIpc) is 2.53. The lowest BCUT2D eigenvalue weighted by Gasteiger charge is -2.17. The number of aliphatic hydroxyl groups is 1. The second-order valence-corrected chi connectivity index (χ2v) is 5.12. The van der Waals surface area contributed by atoms with Gasteiger partial charge in [0.15, 0.2) is 6.10 Å². The van der Waals surface area contributed by atoms with Crippen LogP contribution in [0.1, 0.15) is 24.2 Å². The topological polar surface area (TPSA) is 71.5 Å². The van der Waals surface area contributed by atoms with Crippen LogP contribution in [0.25, 0.3) is 0 Å². The monoisotopic (exact) mass is 300 g/mol. The number of ether oxygens (including phenoxy) is 1. The third-order valence-corrected chi connectivity index (χ3v) is 3.23. The molecule has 1 aromatic heterocycles. The van der Waals surface area contributed by atoms with Gasteiger partial charge in [-0.25, -0.2) is 0 Å². The van der Waals surface area contributed by atoms with Gasteiger partial charge in [-0.2, -0.15) is 0 Å². The molecule has 5 heteroatoms. The highest BCUT2D eigenvalue weighted by atomic mass is 16.5. The van der Waals surface area contributed by atoms with Crippen molar-refractivity contribution in [1.82, 2.24) is 10.3 Å². The van der Waals surface area contributed by atoms with Gasteiger partial charge in [0.1, 0.15) is 5.75 Å². The number of hydrogen-bond acceptors (Lipinski definition) is 4. The first-order valence-corrected chi connectivity index (χ1v) is 7.15. The van der Waals surface area contributed by atoms with E-state index in [0.717, 1.165) is 5.56 Å². The zero-order chi connectivity index (χ0) is 15.9. The van der Waals surface area contributed by atoms with Crippen LogP contribution in [0, 0.1) is 6.92 Å². The minimum absolute atomic E-state index is 0.129. The van der Waals surface area contributed by atoms with Crippen molar-refractivity contribution >= 4 is 5.91 Å². The Kier molecular flexibility index (Phi) is 5.49. The molecule has 2 rings (SSSR count). The molecular formula is C17H20N2O3. The Balaban J connectivity index is 1.84. The van der Waals surface area contributed by atoms with Crippen LogP contribution < -0.4 is 10.1 Å². The van der Waals surface area contributed by atoms with Crippen LogP contribution in [0.3, 0.4) is 0 Å². The Morgan fingerprint density at radius 2 is 2.05 bits per heavy atom. The molecule has 0 aliphatic rings. The van der Waals surface area contributed by atoms with E-state index in [1.54, 1.807) is 31.5 Å². The van der Waals surface area contributed by atoms with Gasteiger partial charge in [-0.15, -0.1) is 0 Å². The lowest BCUT2D eigenvalue weighted by molar-refractivity contribution is -0.127. The maximum Gasteiger partial charge on any atom is 0.260 e. The Morgan fingerprint density at radius 1 is 1.32 bits per heavy atom. The van der Waals surface area contributed by atoms with Gasteiger partial charge in [0.25, 0.3) is 5.91 Å². The quantitative estimate of drug-likeness (QED) is 0.856. The van der Waals surface area contributed by atoms with Gasteiger partial charge in [0.05, 0.1) is 6.10 Å². The molecule has 0 bridgehead atoms. The van der Waals surface area contributed by atoms with Crippen LogP contribution in [-0.4, -0.2) is 28.6 Å². The summed E-state index contributed by atoms with van der Waals surface area (Å²) in [6.45, 7) is 3.77. The normalized spacial score (nSPS) is 13.2. The third kappa shape index (κ3) is 4.56. The van der Waals surface area contributed by atoms with Gasteiger partial charge in [0.2, 0.25) is 0 Å². The number of aromatic nitrogens is 1. The number of nitrogens with one attached hydrogen (secondary N) is 1. The van der Waals surface area contributed by atoms with Crippen molar-refractivity contribution in [3.05, 3.63) is 59.9 Å². The Hall–Kier alpha value is -2.40. The van der Waals surface area contributed by atoms with Crippen molar-refractivity contribution in [3.8, 4) is 5.75 Å². The van der Waals surface area contributed by atoms with E-state index in [2.05, 4.69) is 10.3 Å². The smallest absolute Gasteiger partial charge is 0.260 e. The van der Waals surface area contributed by atoms with Crippen LogP contribution >= 0.6 is 0 Å². The standard InChI is InChI=1S/C17H20N2O3/c1-12-4-3-5-15(10-12)22-13(2)17(21)19-11-16(20)14-6-8-18-9-7-14/h3-10,13,16,20H,11H2,1-2H3,(H,19,21)/t13-,16-/m1/s1. The average molecular weight is 300 g/mol. The first kappa shape index (κ1) is 16.0. The zero-order valence-corrected chi connectivity index (χ0v) is 12.7. The van der Waals surface area contributed by atoms with Gasteiger partial charge in [-0.1, -0.05) is 12.1 Å². The van der Waals surface area contributed by atoms with Crippen LogP contribution in [0.5, 0.6) is 5.75 Å². The minimum atomic E-state index is -0.766. The fraction of sp³-hybridized carbons (Fsp3) is 0.294. The highest BCUT2D eigenvalue weighted by Crippen LogP contribution is 2.14. The van der Waals surface area contributed by atoms with Gasteiger partial charge < -0.3 is 15.2 Å². The lowest BCUT2D eigenvalue weighted by atomic mass is 10.1. The van der Waals surface area contributed by atoms with Gasteiger partial charge in [-0.05, 0) is 49.2 Å². The highest BCUT2D eigenvalue weighted by molar-refractivity contribution is 5.80. The molecule has 0 unspecified atom stereocenters. The summed E-state index contributed by atoms with van der Waals surface area (Å²) in [6, 6.07) is 10.9. The molecule has 1 heterocycles. The van der Waals surface area contributed by atoms with E-state index in [0.29, 0.717) is 11.3 Å². The fourth-order valence-electron chi connectivity index (χ4n) is 1.99. The van der Waals surface area contributed by atoms with Crippen molar-refractivity contribution in [3.63, 3.8) is 0 Å². The van der Waals surface area contributed by atoms with Gasteiger partial charge >= 0.3 is 0 Å². The summed E-state index contributed by atoms with van der Waals surface area (Å²) in [5.41, 5.74) is 1.78. The molecule has 0 radical (unpaired) electrons. The molecule has 116 valence electrons. The van der Waals surface area contributed by atoms with Crippen molar-refractivity contribution in [2.75, 3.05) is 6.54 Å². The molecule has 2 N–H and O–H groups in total. The van der Waals surface area contributed by atoms with Crippen LogP contribution in [0.15, 0.2) is 48.8 Å². The van der Waals surface area contributed by atoms with E-state index < -0.39 is 12.2 Å². The summed E-state index contributed by atoms with van der Waals surface area (Å²) in [5, 5.41) is 12.7. The number of benzene rings is 1. The Bertz CT molecular complexity index is 616. The number of carbonyl (C=O) groups excluding carboxylic acids is 1. The summed E-state index contributed by atoms with van der Waals surface area (Å²) in [5.74, 6) is 0.381. The Labute approximate surface area is 130 Å². The number of aryl methyl sites for hydroxylation is 1. The lowest BCUT2D eigenvalue weighted by Crippen LogP contribution is -2.38. The molecule has 5 nitrogen and oxygen atoms in total. The first-order valence-electron chi connectivity index (χ1n) is 7.15. The molecule has 0 saturated heterocycles. The number of aliphatic hydroxyl groups excluding tert-OH is 1. The first-order chi connectivity index (χ1) is 10.6. The molecule has 0 aliphatic carbocycles. The largest absolute Gasteiger partial charge is 0.481 e. The molecule has 22 heavy (non-hydrogen) atoms. The molecule has 0 aliphatic heterocycles. The SMILES string of the molecule is Cc1cccc(O[C@H](C)C(=O)NC[C@@H](O)c2ccncc2)c1. The number of carbonyl (C=O) groups is 1. The molecule has 0 fully saturated rings. The number of rotatable bonds is 6. The third-order valence-electron chi connectivity index (χ3n) is 3.23. The highest BCUT2D eigenvalue weighted by Gasteiger charge is 2.16. The second kappa shape index (κ2) is 7.56. The minimum Gasteiger partial charge on any atom is -0.481 e. The van der Waals surface area contributed by atoms with E-state index in [1.165, 1.54) is 0 Å². The molecular weight excluding hydrogens is 280 g/mol.